The fourth-order valence-corrected chi connectivity index (χ4v) is 2.98. The molecule has 0 unspecified atom stereocenters. The van der Waals surface area contributed by atoms with Crippen molar-refractivity contribution in [3.05, 3.63) is 11.1 Å². The number of carboxylic acid groups (broad SMARTS) is 1. The van der Waals surface area contributed by atoms with Gasteiger partial charge in [-0.05, 0) is 12.8 Å². The molecule has 94 valence electrons. The number of aromatic carboxylic acids is 1. The molecular formula is C12H18N2O2S. The van der Waals surface area contributed by atoms with Crippen LogP contribution in [-0.4, -0.2) is 22.1 Å². The van der Waals surface area contributed by atoms with Gasteiger partial charge in [-0.3, -0.25) is 0 Å². The fraction of sp³-hybridized carbons (Fsp3) is 0.667. The number of anilines is 1. The molecule has 1 fully saturated rings. The third kappa shape index (κ3) is 3.70. The zero-order chi connectivity index (χ0) is 12.1. The fourth-order valence-electron chi connectivity index (χ4n) is 2.21. The van der Waals surface area contributed by atoms with Crippen molar-refractivity contribution in [2.24, 2.45) is 0 Å². The first-order chi connectivity index (χ1) is 8.25. The van der Waals surface area contributed by atoms with Crippen LogP contribution in [0.15, 0.2) is 5.38 Å². The molecule has 1 aromatic rings. The molecule has 0 spiro atoms. The number of carbonyl (C=O) groups is 1. The van der Waals surface area contributed by atoms with E-state index in [1.54, 1.807) is 5.38 Å². The first kappa shape index (κ1) is 12.4. The highest BCUT2D eigenvalue weighted by atomic mass is 32.1. The van der Waals surface area contributed by atoms with Crippen molar-refractivity contribution in [2.45, 2.75) is 51.0 Å². The maximum Gasteiger partial charge on any atom is 0.355 e. The van der Waals surface area contributed by atoms with Crippen molar-refractivity contribution in [1.82, 2.24) is 4.98 Å². The zero-order valence-corrected chi connectivity index (χ0v) is 10.6. The highest BCUT2D eigenvalue weighted by molar-refractivity contribution is 7.13. The van der Waals surface area contributed by atoms with Gasteiger partial charge in [0.2, 0.25) is 0 Å². The predicted molar refractivity (Wildman–Crippen MR) is 68.8 cm³/mol. The first-order valence-corrected chi connectivity index (χ1v) is 7.09. The Labute approximate surface area is 105 Å². The number of hydrogen-bond donors (Lipinski definition) is 2. The molecule has 0 amide bonds. The summed E-state index contributed by atoms with van der Waals surface area (Å²) in [5, 5.41) is 14.5. The molecule has 1 heterocycles. The Hall–Kier alpha value is -1.10. The molecule has 0 atom stereocenters. The van der Waals surface area contributed by atoms with Gasteiger partial charge < -0.3 is 10.4 Å². The van der Waals surface area contributed by atoms with E-state index in [-0.39, 0.29) is 5.69 Å². The standard InChI is InChI=1S/C12H18N2O2S/c15-11(16)10-8-17-12(14-10)13-9-6-4-2-1-3-5-7-9/h8-9H,1-7H2,(H,13,14)(H,15,16). The minimum Gasteiger partial charge on any atom is -0.476 e. The van der Waals surface area contributed by atoms with Crippen LogP contribution >= 0.6 is 11.3 Å². The average molecular weight is 254 g/mol. The molecule has 0 bridgehead atoms. The quantitative estimate of drug-likeness (QED) is 0.868. The van der Waals surface area contributed by atoms with Crippen LogP contribution in [0.1, 0.15) is 55.4 Å². The summed E-state index contributed by atoms with van der Waals surface area (Å²) in [6, 6.07) is 0.461. The summed E-state index contributed by atoms with van der Waals surface area (Å²) >= 11 is 1.38. The van der Waals surface area contributed by atoms with E-state index >= 15 is 0 Å². The lowest BCUT2D eigenvalue weighted by Gasteiger charge is -2.20. The van der Waals surface area contributed by atoms with Gasteiger partial charge in [-0.2, -0.15) is 0 Å². The minimum atomic E-state index is -0.952. The van der Waals surface area contributed by atoms with Gasteiger partial charge in [0.1, 0.15) is 0 Å². The van der Waals surface area contributed by atoms with Gasteiger partial charge in [0.05, 0.1) is 0 Å². The van der Waals surface area contributed by atoms with Gasteiger partial charge in [0.25, 0.3) is 0 Å². The number of thiazole rings is 1. The van der Waals surface area contributed by atoms with E-state index in [4.69, 9.17) is 5.11 Å². The molecule has 2 rings (SSSR count). The normalized spacial score (nSPS) is 18.4. The smallest absolute Gasteiger partial charge is 0.355 e. The molecule has 5 heteroatoms. The molecule has 2 N–H and O–H groups in total. The van der Waals surface area contributed by atoms with E-state index in [0.717, 1.165) is 5.13 Å². The maximum atomic E-state index is 10.7. The predicted octanol–water partition coefficient (Wildman–Crippen LogP) is 3.37. The number of aromatic nitrogens is 1. The Morgan fingerprint density at radius 1 is 1.29 bits per heavy atom. The molecule has 1 aliphatic carbocycles. The minimum absolute atomic E-state index is 0.142. The largest absolute Gasteiger partial charge is 0.476 e. The molecule has 1 aliphatic rings. The summed E-state index contributed by atoms with van der Waals surface area (Å²) in [6.07, 6.45) is 8.84. The van der Waals surface area contributed by atoms with Crippen LogP contribution in [0.4, 0.5) is 5.13 Å². The topological polar surface area (TPSA) is 62.2 Å². The monoisotopic (exact) mass is 254 g/mol. The van der Waals surface area contributed by atoms with E-state index in [1.165, 1.54) is 56.3 Å². The number of rotatable bonds is 3. The van der Waals surface area contributed by atoms with Gasteiger partial charge in [-0.15, -0.1) is 11.3 Å². The van der Waals surface area contributed by atoms with E-state index in [9.17, 15) is 4.79 Å². The number of nitrogens with one attached hydrogen (secondary N) is 1. The van der Waals surface area contributed by atoms with Crippen LogP contribution in [0, 0.1) is 0 Å². The van der Waals surface area contributed by atoms with Crippen molar-refractivity contribution in [1.29, 1.82) is 0 Å². The molecule has 4 nitrogen and oxygen atoms in total. The molecule has 1 aromatic heterocycles. The van der Waals surface area contributed by atoms with Crippen molar-refractivity contribution < 1.29 is 9.90 Å². The third-order valence-corrected chi connectivity index (χ3v) is 3.93. The molecule has 0 aromatic carbocycles. The average Bonchev–Trinajstić information content (AvgIpc) is 2.70. The van der Waals surface area contributed by atoms with Crippen LogP contribution in [0.25, 0.3) is 0 Å². The van der Waals surface area contributed by atoms with Crippen LogP contribution in [0.5, 0.6) is 0 Å². The molecule has 0 saturated heterocycles. The highest BCUT2D eigenvalue weighted by Gasteiger charge is 2.14. The Balaban J connectivity index is 1.91. The molecule has 0 radical (unpaired) electrons. The lowest BCUT2D eigenvalue weighted by atomic mass is 9.97. The lowest BCUT2D eigenvalue weighted by Crippen LogP contribution is -2.20. The molecule has 17 heavy (non-hydrogen) atoms. The molecule has 0 aliphatic heterocycles. The van der Waals surface area contributed by atoms with Gasteiger partial charge in [-0.1, -0.05) is 32.1 Å². The molecule has 1 saturated carbocycles. The van der Waals surface area contributed by atoms with Crippen molar-refractivity contribution in [2.75, 3.05) is 5.32 Å². The maximum absolute atomic E-state index is 10.7. The van der Waals surface area contributed by atoms with Gasteiger partial charge in [0, 0.05) is 11.4 Å². The molecular weight excluding hydrogens is 236 g/mol. The van der Waals surface area contributed by atoms with E-state index < -0.39 is 5.97 Å². The van der Waals surface area contributed by atoms with Crippen LogP contribution in [-0.2, 0) is 0 Å². The Bertz CT molecular complexity index is 370. The van der Waals surface area contributed by atoms with Crippen molar-refractivity contribution in [3.63, 3.8) is 0 Å². The summed E-state index contributed by atoms with van der Waals surface area (Å²) < 4.78 is 0. The highest BCUT2D eigenvalue weighted by Crippen LogP contribution is 2.22. The number of hydrogen-bond acceptors (Lipinski definition) is 4. The van der Waals surface area contributed by atoms with Gasteiger partial charge in [0.15, 0.2) is 10.8 Å². The van der Waals surface area contributed by atoms with E-state index in [1.807, 2.05) is 0 Å². The van der Waals surface area contributed by atoms with Gasteiger partial charge >= 0.3 is 5.97 Å². The summed E-state index contributed by atoms with van der Waals surface area (Å²) in [5.74, 6) is -0.952. The van der Waals surface area contributed by atoms with Gasteiger partial charge in [-0.25, -0.2) is 9.78 Å². The van der Waals surface area contributed by atoms with Crippen molar-refractivity contribution >= 4 is 22.4 Å². The Morgan fingerprint density at radius 3 is 2.53 bits per heavy atom. The van der Waals surface area contributed by atoms with Crippen molar-refractivity contribution in [3.8, 4) is 0 Å². The Kier molecular flexibility index (Phi) is 4.36. The van der Waals surface area contributed by atoms with Crippen LogP contribution < -0.4 is 5.32 Å². The summed E-state index contributed by atoms with van der Waals surface area (Å²) in [6.45, 7) is 0. The Morgan fingerprint density at radius 2 is 1.94 bits per heavy atom. The summed E-state index contributed by atoms with van der Waals surface area (Å²) in [4.78, 5) is 14.8. The first-order valence-electron chi connectivity index (χ1n) is 6.21. The van der Waals surface area contributed by atoms with Crippen LogP contribution in [0.2, 0.25) is 0 Å². The van der Waals surface area contributed by atoms with E-state index in [0.29, 0.717) is 6.04 Å². The number of nitrogens with zero attached hydrogens (tertiary/aromatic N) is 1. The summed E-state index contributed by atoms with van der Waals surface area (Å²) in [5.41, 5.74) is 0.142. The lowest BCUT2D eigenvalue weighted by molar-refractivity contribution is 0.0691. The second kappa shape index (κ2) is 6.00. The summed E-state index contributed by atoms with van der Waals surface area (Å²) in [7, 11) is 0. The van der Waals surface area contributed by atoms with E-state index in [2.05, 4.69) is 10.3 Å². The second-order valence-corrected chi connectivity index (χ2v) is 5.39. The zero-order valence-electron chi connectivity index (χ0n) is 9.82. The number of carboxylic acids is 1. The third-order valence-electron chi connectivity index (χ3n) is 3.16. The second-order valence-electron chi connectivity index (χ2n) is 4.53. The SMILES string of the molecule is O=C(O)c1csc(NC2CCCCCCC2)n1. The van der Waals surface area contributed by atoms with Crippen LogP contribution in [0.3, 0.4) is 0 Å².